The van der Waals surface area contributed by atoms with Gasteiger partial charge in [-0.2, -0.15) is 0 Å². The molecule has 0 unspecified atom stereocenters. The first-order valence-electron chi connectivity index (χ1n) is 18.2. The Kier molecular flexibility index (Phi) is 11.3. The molecule has 1 aliphatic rings. The van der Waals surface area contributed by atoms with Crippen molar-refractivity contribution in [1.29, 1.82) is 0 Å². The van der Waals surface area contributed by atoms with Gasteiger partial charge < -0.3 is 10.2 Å². The zero-order valence-corrected chi connectivity index (χ0v) is 30.4. The van der Waals surface area contributed by atoms with Crippen molar-refractivity contribution < 1.29 is 19.8 Å². The van der Waals surface area contributed by atoms with E-state index in [-0.39, 0.29) is 22.5 Å². The fourth-order valence-corrected chi connectivity index (χ4v) is 13.1. The molecule has 3 aromatic heterocycles. The number of unbranched alkanes of at least 4 members (excludes halogenated alkanes) is 6. The van der Waals surface area contributed by atoms with Crippen molar-refractivity contribution in [3.8, 4) is 33.9 Å². The Morgan fingerprint density at radius 1 is 0.588 bits per heavy atom. The molecule has 0 saturated heterocycles. The monoisotopic (exact) mass is 695 g/mol. The molecule has 5 aromatic rings. The second-order valence-corrected chi connectivity index (χ2v) is 17.8. The molecule has 2 N–H and O–H groups in total. The predicted molar refractivity (Wildman–Crippen MR) is 208 cm³/mol. The highest BCUT2D eigenvalue weighted by molar-refractivity contribution is 7.05. The summed E-state index contributed by atoms with van der Waals surface area (Å²) in [5, 5.41) is 22.5. The van der Waals surface area contributed by atoms with Crippen LogP contribution in [0.4, 0.5) is 0 Å². The summed E-state index contributed by atoms with van der Waals surface area (Å²) in [6.07, 6.45) is 17.5. The largest absolute Gasteiger partial charge is 0.478 e. The Hall–Kier alpha value is -5.21. The van der Waals surface area contributed by atoms with Crippen LogP contribution in [-0.4, -0.2) is 45.2 Å². The molecule has 51 heavy (non-hydrogen) atoms. The standard InChI is InChI=1S/C43H45N3O4Si/c1-3-5-7-11-23-51(24-12-8-6-4-2)40-14-10-9-13-34(40)35-18-17-30(26-41(35)51)15-16-31-19-21-44-36(25-31)38-28-33(43(49)50)29-39(46-38)37-27-32(42(47)48)20-22-45-37/h9-10,13-22,25-29H,3-8,11-12,23-24H2,1-2H3,(H,47,48)(H,49,50)/b16-15+. The number of benzene rings is 2. The van der Waals surface area contributed by atoms with E-state index in [9.17, 15) is 19.8 Å². The second kappa shape index (κ2) is 16.2. The van der Waals surface area contributed by atoms with Crippen molar-refractivity contribution in [2.75, 3.05) is 0 Å². The van der Waals surface area contributed by atoms with Crippen LogP contribution in [-0.2, 0) is 0 Å². The first kappa shape index (κ1) is 35.6. The number of pyridine rings is 3. The van der Waals surface area contributed by atoms with Crippen molar-refractivity contribution >= 4 is 42.5 Å². The van der Waals surface area contributed by atoms with Gasteiger partial charge in [0.05, 0.1) is 33.9 Å². The average molecular weight is 696 g/mol. The van der Waals surface area contributed by atoms with Gasteiger partial charge in [0.15, 0.2) is 0 Å². The maximum absolute atomic E-state index is 12.1. The number of carboxylic acids is 2. The molecule has 4 heterocycles. The lowest BCUT2D eigenvalue weighted by Crippen LogP contribution is -2.55. The third-order valence-corrected chi connectivity index (χ3v) is 15.4. The lowest BCUT2D eigenvalue weighted by atomic mass is 10.0. The van der Waals surface area contributed by atoms with Crippen molar-refractivity contribution in [3.63, 3.8) is 0 Å². The molecule has 260 valence electrons. The third-order valence-electron chi connectivity index (χ3n) is 10.1. The Bertz CT molecular complexity index is 2060. The molecule has 8 heteroatoms. The lowest BCUT2D eigenvalue weighted by molar-refractivity contribution is 0.0686. The highest BCUT2D eigenvalue weighted by Gasteiger charge is 2.44. The van der Waals surface area contributed by atoms with Gasteiger partial charge in [0.1, 0.15) is 8.07 Å². The highest BCUT2D eigenvalue weighted by atomic mass is 28.3. The second-order valence-electron chi connectivity index (χ2n) is 13.5. The van der Waals surface area contributed by atoms with Crippen LogP contribution in [0, 0.1) is 0 Å². The maximum atomic E-state index is 12.1. The number of nitrogens with zero attached hydrogens (tertiary/aromatic N) is 3. The van der Waals surface area contributed by atoms with Crippen molar-refractivity contribution in [2.45, 2.75) is 77.3 Å². The number of aromatic carboxylic acids is 2. The summed E-state index contributed by atoms with van der Waals surface area (Å²) in [5.74, 6) is -2.23. The summed E-state index contributed by atoms with van der Waals surface area (Å²) in [5.41, 5.74) is 6.35. The molecule has 0 radical (unpaired) electrons. The van der Waals surface area contributed by atoms with E-state index < -0.39 is 20.0 Å². The number of carboxylic acid groups (broad SMARTS) is 2. The summed E-state index contributed by atoms with van der Waals surface area (Å²) in [7, 11) is -1.96. The predicted octanol–water partition coefficient (Wildman–Crippen LogP) is 9.48. The van der Waals surface area contributed by atoms with Crippen LogP contribution < -0.4 is 10.4 Å². The highest BCUT2D eigenvalue weighted by Crippen LogP contribution is 2.36. The lowest BCUT2D eigenvalue weighted by Gasteiger charge is -2.30. The van der Waals surface area contributed by atoms with Crippen LogP contribution in [0.25, 0.3) is 46.1 Å². The zero-order valence-electron chi connectivity index (χ0n) is 29.4. The fourth-order valence-electron chi connectivity index (χ4n) is 7.45. The minimum Gasteiger partial charge on any atom is -0.478 e. The number of rotatable bonds is 16. The van der Waals surface area contributed by atoms with E-state index in [2.05, 4.69) is 83.4 Å². The van der Waals surface area contributed by atoms with Gasteiger partial charge in [-0.25, -0.2) is 14.6 Å². The minimum absolute atomic E-state index is 0.0106. The molecule has 0 spiro atoms. The smallest absolute Gasteiger partial charge is 0.335 e. The quantitative estimate of drug-likeness (QED) is 0.0781. The molecule has 0 saturated carbocycles. The summed E-state index contributed by atoms with van der Waals surface area (Å²) in [6, 6.07) is 28.2. The minimum atomic E-state index is -1.96. The average Bonchev–Trinajstić information content (AvgIpc) is 3.43. The van der Waals surface area contributed by atoms with Crippen molar-refractivity contribution in [2.24, 2.45) is 0 Å². The van der Waals surface area contributed by atoms with Crippen LogP contribution in [0.15, 0.2) is 91.3 Å². The number of aromatic nitrogens is 3. The molecule has 0 bridgehead atoms. The third kappa shape index (κ3) is 7.91. The molecule has 0 amide bonds. The Morgan fingerprint density at radius 3 is 1.80 bits per heavy atom. The number of fused-ring (bicyclic) bond motifs is 3. The fraction of sp³-hybridized carbons (Fsp3) is 0.279. The maximum Gasteiger partial charge on any atom is 0.335 e. The van der Waals surface area contributed by atoms with Gasteiger partial charge >= 0.3 is 11.9 Å². The summed E-state index contributed by atoms with van der Waals surface area (Å²) >= 11 is 0. The van der Waals surface area contributed by atoms with E-state index in [1.807, 2.05) is 12.1 Å². The SMILES string of the molecule is CCCCCC[Si]1(CCCCCC)c2ccccc2-c2ccc(/C=C/c3ccnc(-c4cc(C(=O)O)cc(-c5cc(C(=O)O)ccn5)n4)c3)cc21. The molecule has 6 rings (SSSR count). The van der Waals surface area contributed by atoms with Gasteiger partial charge in [-0.1, -0.05) is 120 Å². The number of hydrogen-bond acceptors (Lipinski definition) is 5. The first-order valence-corrected chi connectivity index (χ1v) is 20.6. The number of carbonyl (C=O) groups is 2. The molecule has 0 atom stereocenters. The summed E-state index contributed by atoms with van der Waals surface area (Å²) < 4.78 is 0. The van der Waals surface area contributed by atoms with Crippen LogP contribution in [0.1, 0.15) is 97.1 Å². The van der Waals surface area contributed by atoms with Gasteiger partial charge in [0.2, 0.25) is 0 Å². The molecular weight excluding hydrogens is 651 g/mol. The molecule has 2 aromatic carbocycles. The van der Waals surface area contributed by atoms with E-state index in [1.54, 1.807) is 16.6 Å². The Labute approximate surface area is 301 Å². The first-order chi connectivity index (χ1) is 24.8. The molecule has 0 aliphatic carbocycles. The molecule has 7 nitrogen and oxygen atoms in total. The zero-order chi connectivity index (χ0) is 35.8. The van der Waals surface area contributed by atoms with Gasteiger partial charge in [0.25, 0.3) is 0 Å². The van der Waals surface area contributed by atoms with Gasteiger partial charge in [-0.3, -0.25) is 9.97 Å². The normalized spacial score (nSPS) is 12.9. The molecular formula is C43H45N3O4Si. The Morgan fingerprint density at radius 2 is 1.16 bits per heavy atom. The van der Waals surface area contributed by atoms with Crippen molar-refractivity contribution in [1.82, 2.24) is 15.0 Å². The van der Waals surface area contributed by atoms with Gasteiger partial charge in [-0.15, -0.1) is 0 Å². The van der Waals surface area contributed by atoms with Crippen LogP contribution >= 0.6 is 0 Å². The van der Waals surface area contributed by atoms with Crippen LogP contribution in [0.5, 0.6) is 0 Å². The topological polar surface area (TPSA) is 113 Å². The Balaban J connectivity index is 1.33. The van der Waals surface area contributed by atoms with Gasteiger partial charge in [0, 0.05) is 12.4 Å². The van der Waals surface area contributed by atoms with Crippen molar-refractivity contribution in [3.05, 3.63) is 114 Å². The molecule has 1 aliphatic heterocycles. The summed E-state index contributed by atoms with van der Waals surface area (Å²) in [6.45, 7) is 4.56. The van der Waals surface area contributed by atoms with E-state index in [1.165, 1.54) is 105 Å². The van der Waals surface area contributed by atoms with E-state index in [0.717, 1.165) is 11.1 Å². The summed E-state index contributed by atoms with van der Waals surface area (Å²) in [4.78, 5) is 37.1. The van der Waals surface area contributed by atoms with E-state index in [0.29, 0.717) is 11.4 Å². The van der Waals surface area contributed by atoms with E-state index in [4.69, 9.17) is 0 Å². The number of hydrogen-bond donors (Lipinski definition) is 2. The van der Waals surface area contributed by atoms with Gasteiger partial charge in [-0.05, 0) is 81.1 Å². The molecule has 0 fully saturated rings. The van der Waals surface area contributed by atoms with E-state index >= 15 is 0 Å². The van der Waals surface area contributed by atoms with Crippen LogP contribution in [0.2, 0.25) is 12.1 Å². The van der Waals surface area contributed by atoms with Crippen LogP contribution in [0.3, 0.4) is 0 Å².